The molecule has 0 atom stereocenters. The van der Waals surface area contributed by atoms with Crippen LogP contribution in [0.3, 0.4) is 0 Å². The van der Waals surface area contributed by atoms with Gasteiger partial charge in [0.2, 0.25) is 5.91 Å². The fourth-order valence-electron chi connectivity index (χ4n) is 1.80. The lowest BCUT2D eigenvalue weighted by atomic mass is 10.1. The maximum atomic E-state index is 11.5. The Bertz CT molecular complexity index is 396. The van der Waals surface area contributed by atoms with Gasteiger partial charge in [-0.3, -0.25) is 4.79 Å². The Morgan fingerprint density at radius 3 is 2.30 bits per heavy atom. The smallest absolute Gasteiger partial charge is 0.220 e. The number of carbonyl (C=O) groups is 1. The van der Waals surface area contributed by atoms with Crippen LogP contribution in [0.1, 0.15) is 39.7 Å². The normalized spacial score (nSPS) is 10.9. The Morgan fingerprint density at radius 1 is 1.10 bits per heavy atom. The predicted molar refractivity (Wildman–Crippen MR) is 82.9 cm³/mol. The minimum Gasteiger partial charge on any atom is -0.493 e. The molecule has 1 rings (SSSR count). The van der Waals surface area contributed by atoms with Gasteiger partial charge in [-0.1, -0.05) is 39.8 Å². The number of benzene rings is 1. The maximum Gasteiger partial charge on any atom is 0.220 e. The molecule has 0 bridgehead atoms. The third-order valence-corrected chi connectivity index (χ3v) is 2.84. The molecule has 0 saturated heterocycles. The number of nitrogens with one attached hydrogen (secondary N) is 1. The topological polar surface area (TPSA) is 38.3 Å². The Kier molecular flexibility index (Phi) is 7.13. The number of hydrogen-bond donors (Lipinski definition) is 1. The average molecular weight is 277 g/mol. The van der Waals surface area contributed by atoms with E-state index in [1.807, 2.05) is 12.1 Å². The van der Waals surface area contributed by atoms with E-state index in [0.29, 0.717) is 24.8 Å². The van der Waals surface area contributed by atoms with Crippen LogP contribution in [0.25, 0.3) is 0 Å². The summed E-state index contributed by atoms with van der Waals surface area (Å²) >= 11 is 0. The molecule has 0 radical (unpaired) electrons. The van der Waals surface area contributed by atoms with Crippen molar-refractivity contribution in [3.8, 4) is 5.75 Å². The second kappa shape index (κ2) is 8.62. The summed E-state index contributed by atoms with van der Waals surface area (Å²) < 4.78 is 5.64. The molecule has 0 aliphatic rings. The highest BCUT2D eigenvalue weighted by Crippen LogP contribution is 2.13. The Balaban J connectivity index is 2.29. The van der Waals surface area contributed by atoms with Crippen molar-refractivity contribution in [3.63, 3.8) is 0 Å². The Hall–Kier alpha value is -1.51. The van der Waals surface area contributed by atoms with Crippen LogP contribution < -0.4 is 10.1 Å². The Morgan fingerprint density at radius 2 is 1.75 bits per heavy atom. The SMILES string of the molecule is CC(C)COc1ccc(CCNC(=O)CC(C)C)cc1. The first-order valence-corrected chi connectivity index (χ1v) is 7.45. The van der Waals surface area contributed by atoms with Crippen LogP contribution in [0.5, 0.6) is 5.75 Å². The van der Waals surface area contributed by atoms with Crippen molar-refractivity contribution in [2.75, 3.05) is 13.2 Å². The molecule has 1 N–H and O–H groups in total. The van der Waals surface area contributed by atoms with E-state index >= 15 is 0 Å². The summed E-state index contributed by atoms with van der Waals surface area (Å²) in [7, 11) is 0. The predicted octanol–water partition coefficient (Wildman–Crippen LogP) is 3.43. The lowest BCUT2D eigenvalue weighted by Gasteiger charge is -2.10. The summed E-state index contributed by atoms with van der Waals surface area (Å²) in [6, 6.07) is 8.11. The molecule has 0 aliphatic carbocycles. The van der Waals surface area contributed by atoms with Gasteiger partial charge in [0, 0.05) is 13.0 Å². The zero-order valence-corrected chi connectivity index (χ0v) is 13.1. The summed E-state index contributed by atoms with van der Waals surface area (Å²) in [5.41, 5.74) is 1.21. The Labute approximate surface area is 122 Å². The van der Waals surface area contributed by atoms with Crippen LogP contribution in [0.15, 0.2) is 24.3 Å². The highest BCUT2D eigenvalue weighted by Gasteiger charge is 2.04. The number of rotatable bonds is 8. The molecule has 112 valence electrons. The van der Waals surface area contributed by atoms with Gasteiger partial charge in [0.25, 0.3) is 0 Å². The number of carbonyl (C=O) groups excluding carboxylic acids is 1. The summed E-state index contributed by atoms with van der Waals surface area (Å²) in [4.78, 5) is 11.5. The third kappa shape index (κ3) is 7.17. The second-order valence-electron chi connectivity index (χ2n) is 6.05. The molecule has 3 nitrogen and oxygen atoms in total. The van der Waals surface area contributed by atoms with E-state index in [9.17, 15) is 4.79 Å². The molecule has 3 heteroatoms. The molecule has 0 heterocycles. The average Bonchev–Trinajstić information content (AvgIpc) is 2.37. The molecule has 0 aromatic heterocycles. The summed E-state index contributed by atoms with van der Waals surface area (Å²) in [6.07, 6.45) is 1.45. The van der Waals surface area contributed by atoms with Gasteiger partial charge in [0.05, 0.1) is 6.61 Å². The van der Waals surface area contributed by atoms with Crippen molar-refractivity contribution >= 4 is 5.91 Å². The molecule has 1 aromatic rings. The highest BCUT2D eigenvalue weighted by molar-refractivity contribution is 5.76. The zero-order chi connectivity index (χ0) is 15.0. The van der Waals surface area contributed by atoms with E-state index in [2.05, 4.69) is 45.1 Å². The first-order chi connectivity index (χ1) is 9.47. The molecule has 0 spiro atoms. The van der Waals surface area contributed by atoms with Gasteiger partial charge in [0.15, 0.2) is 0 Å². The van der Waals surface area contributed by atoms with Gasteiger partial charge in [-0.05, 0) is 36.0 Å². The van der Waals surface area contributed by atoms with E-state index in [-0.39, 0.29) is 5.91 Å². The molecule has 1 amide bonds. The molecular formula is C17H27NO2. The molecule has 0 saturated carbocycles. The van der Waals surface area contributed by atoms with E-state index in [0.717, 1.165) is 18.8 Å². The van der Waals surface area contributed by atoms with E-state index in [1.54, 1.807) is 0 Å². The summed E-state index contributed by atoms with van der Waals surface area (Å²) in [5.74, 6) is 1.99. The number of hydrogen-bond acceptors (Lipinski definition) is 2. The second-order valence-corrected chi connectivity index (χ2v) is 6.05. The zero-order valence-electron chi connectivity index (χ0n) is 13.1. The largest absolute Gasteiger partial charge is 0.493 e. The first-order valence-electron chi connectivity index (χ1n) is 7.45. The molecule has 1 aromatic carbocycles. The van der Waals surface area contributed by atoms with E-state index < -0.39 is 0 Å². The fourth-order valence-corrected chi connectivity index (χ4v) is 1.80. The van der Waals surface area contributed by atoms with Crippen LogP contribution in [0.4, 0.5) is 0 Å². The molecule has 20 heavy (non-hydrogen) atoms. The quantitative estimate of drug-likeness (QED) is 0.790. The standard InChI is InChI=1S/C17H27NO2/c1-13(2)11-17(19)18-10-9-15-5-7-16(8-6-15)20-12-14(3)4/h5-8,13-14H,9-12H2,1-4H3,(H,18,19). The van der Waals surface area contributed by atoms with Gasteiger partial charge >= 0.3 is 0 Å². The van der Waals surface area contributed by atoms with Crippen molar-refractivity contribution in [2.45, 2.75) is 40.5 Å². The van der Waals surface area contributed by atoms with Crippen LogP contribution in [-0.2, 0) is 11.2 Å². The van der Waals surface area contributed by atoms with Crippen molar-refractivity contribution < 1.29 is 9.53 Å². The van der Waals surface area contributed by atoms with Crippen molar-refractivity contribution in [3.05, 3.63) is 29.8 Å². The van der Waals surface area contributed by atoms with Crippen molar-refractivity contribution in [1.29, 1.82) is 0 Å². The number of ether oxygens (including phenoxy) is 1. The van der Waals surface area contributed by atoms with Crippen LogP contribution >= 0.6 is 0 Å². The van der Waals surface area contributed by atoms with E-state index in [1.165, 1.54) is 5.56 Å². The summed E-state index contributed by atoms with van der Waals surface area (Å²) in [5, 5.41) is 2.95. The minimum absolute atomic E-state index is 0.136. The van der Waals surface area contributed by atoms with Crippen molar-refractivity contribution in [1.82, 2.24) is 5.32 Å². The molecule has 0 fully saturated rings. The minimum atomic E-state index is 0.136. The highest BCUT2D eigenvalue weighted by atomic mass is 16.5. The molecule has 0 unspecified atom stereocenters. The van der Waals surface area contributed by atoms with Gasteiger partial charge < -0.3 is 10.1 Å². The monoisotopic (exact) mass is 277 g/mol. The van der Waals surface area contributed by atoms with Crippen LogP contribution in [0, 0.1) is 11.8 Å². The number of amides is 1. The third-order valence-electron chi connectivity index (χ3n) is 2.84. The molecular weight excluding hydrogens is 250 g/mol. The van der Waals surface area contributed by atoms with Gasteiger partial charge in [0.1, 0.15) is 5.75 Å². The van der Waals surface area contributed by atoms with E-state index in [4.69, 9.17) is 4.74 Å². The van der Waals surface area contributed by atoms with Gasteiger partial charge in [-0.2, -0.15) is 0 Å². The maximum absolute atomic E-state index is 11.5. The van der Waals surface area contributed by atoms with Crippen molar-refractivity contribution in [2.24, 2.45) is 11.8 Å². The fraction of sp³-hybridized carbons (Fsp3) is 0.588. The van der Waals surface area contributed by atoms with Crippen LogP contribution in [-0.4, -0.2) is 19.1 Å². The first kappa shape index (κ1) is 16.5. The van der Waals surface area contributed by atoms with Gasteiger partial charge in [-0.25, -0.2) is 0 Å². The lowest BCUT2D eigenvalue weighted by molar-refractivity contribution is -0.121. The van der Waals surface area contributed by atoms with Gasteiger partial charge in [-0.15, -0.1) is 0 Å². The summed E-state index contributed by atoms with van der Waals surface area (Å²) in [6.45, 7) is 9.80. The molecule has 0 aliphatic heterocycles. The van der Waals surface area contributed by atoms with Crippen LogP contribution in [0.2, 0.25) is 0 Å². The lowest BCUT2D eigenvalue weighted by Crippen LogP contribution is -2.26.